The van der Waals surface area contributed by atoms with Gasteiger partial charge in [0.2, 0.25) is 0 Å². The maximum absolute atomic E-state index is 5.44. The molecular weight excluding hydrogens is 263 g/mol. The molecule has 1 aromatic rings. The molecule has 1 rings (SSSR count). The first-order valence-electron chi connectivity index (χ1n) is 3.68. The number of rotatable bonds is 2. The Morgan fingerprint density at radius 3 is 2.42 bits per heavy atom. The van der Waals surface area contributed by atoms with E-state index in [0.29, 0.717) is 5.84 Å². The summed E-state index contributed by atoms with van der Waals surface area (Å²) in [6.07, 6.45) is 0. The zero-order valence-electron chi connectivity index (χ0n) is 6.92. The second-order valence-electron chi connectivity index (χ2n) is 2.55. The van der Waals surface area contributed by atoms with Crippen LogP contribution in [0, 0.1) is 0 Å². The fraction of sp³-hybridized carbons (Fsp3) is 0.222. The van der Waals surface area contributed by atoms with Crippen molar-refractivity contribution in [3.8, 4) is 0 Å². The van der Waals surface area contributed by atoms with Crippen molar-refractivity contribution in [3.05, 3.63) is 29.8 Å². The summed E-state index contributed by atoms with van der Waals surface area (Å²) in [7, 11) is 0. The van der Waals surface area contributed by atoms with Crippen molar-refractivity contribution < 1.29 is 0 Å². The summed E-state index contributed by atoms with van der Waals surface area (Å²) in [5.41, 5.74) is 7.67. The molecule has 0 atom stereocenters. The van der Waals surface area contributed by atoms with E-state index in [9.17, 15) is 0 Å². The van der Waals surface area contributed by atoms with Gasteiger partial charge in [-0.3, -0.25) is 0 Å². The summed E-state index contributed by atoms with van der Waals surface area (Å²) >= 11 is 2.33. The molecule has 0 saturated heterocycles. The van der Waals surface area contributed by atoms with Crippen molar-refractivity contribution in [3.63, 3.8) is 0 Å². The Balaban J connectivity index is 2.85. The van der Waals surface area contributed by atoms with Gasteiger partial charge in [0.05, 0.1) is 11.5 Å². The van der Waals surface area contributed by atoms with Crippen molar-refractivity contribution in [1.29, 1.82) is 0 Å². The molecule has 0 spiro atoms. The third kappa shape index (κ3) is 2.81. The fourth-order valence-electron chi connectivity index (χ4n) is 0.863. The monoisotopic (exact) mass is 274 g/mol. The number of nitrogens with two attached hydrogens (primary N) is 1. The summed E-state index contributed by atoms with van der Waals surface area (Å²) in [5, 5.41) is 0. The van der Waals surface area contributed by atoms with E-state index in [1.807, 2.05) is 12.1 Å². The maximum atomic E-state index is 5.44. The van der Waals surface area contributed by atoms with E-state index in [0.717, 1.165) is 10.1 Å². The number of halogens is 1. The molecule has 1 aromatic carbocycles. The minimum absolute atomic E-state index is 0.595. The Hall–Kier alpha value is -0.580. The maximum Gasteiger partial charge on any atom is 0.0964 e. The largest absolute Gasteiger partial charge is 0.387 e. The molecule has 0 amide bonds. The number of nitrogens with zero attached hydrogens (tertiary/aromatic N) is 1. The molecule has 0 radical (unpaired) electrons. The van der Waals surface area contributed by atoms with E-state index in [-0.39, 0.29) is 0 Å². The van der Waals surface area contributed by atoms with Crippen molar-refractivity contribution in [1.82, 2.24) is 0 Å². The van der Waals surface area contributed by atoms with Crippen molar-refractivity contribution >= 4 is 34.1 Å². The van der Waals surface area contributed by atoms with Gasteiger partial charge < -0.3 is 5.73 Å². The number of amidine groups is 1. The van der Waals surface area contributed by atoms with Crippen LogP contribution in [0.25, 0.3) is 0 Å². The lowest BCUT2D eigenvalue weighted by atomic mass is 10.2. The first kappa shape index (κ1) is 9.51. The Kier molecular flexibility index (Phi) is 3.52. The highest BCUT2D eigenvalue weighted by Gasteiger charge is 1.90. The number of aliphatic imine (C=N–C) groups is 1. The first-order chi connectivity index (χ1) is 5.72. The highest BCUT2D eigenvalue weighted by Crippen LogP contribution is 2.14. The van der Waals surface area contributed by atoms with Gasteiger partial charge in [-0.25, -0.2) is 4.99 Å². The second-order valence-corrected chi connectivity index (χ2v) is 3.32. The van der Waals surface area contributed by atoms with Crippen LogP contribution in [0.5, 0.6) is 0 Å². The topological polar surface area (TPSA) is 38.4 Å². The normalized spacial score (nSPS) is 11.7. The summed E-state index contributed by atoms with van der Waals surface area (Å²) in [5.74, 6) is 0.595. The third-order valence-electron chi connectivity index (χ3n) is 1.40. The quantitative estimate of drug-likeness (QED) is 0.383. The average Bonchev–Trinajstić information content (AvgIpc) is 2.05. The SMILES string of the molecule is CC(N)=Nc1ccc(CI)cc1. The van der Waals surface area contributed by atoms with Gasteiger partial charge >= 0.3 is 0 Å². The predicted octanol–water partition coefficient (Wildman–Crippen LogP) is 2.63. The smallest absolute Gasteiger partial charge is 0.0964 e. The molecule has 3 heteroatoms. The van der Waals surface area contributed by atoms with Crippen LogP contribution in [0.1, 0.15) is 12.5 Å². The van der Waals surface area contributed by atoms with Crippen LogP contribution in [-0.4, -0.2) is 5.84 Å². The Bertz CT molecular complexity index is 273. The number of alkyl halides is 1. The predicted molar refractivity (Wildman–Crippen MR) is 61.1 cm³/mol. The van der Waals surface area contributed by atoms with Crippen LogP contribution in [0.2, 0.25) is 0 Å². The number of hydrogen-bond acceptors (Lipinski definition) is 1. The molecule has 0 aliphatic carbocycles. The standard InChI is InChI=1S/C9H11IN2/c1-7(11)12-9-4-2-8(6-10)3-5-9/h2-5H,6H2,1H3,(H2,11,12). The van der Waals surface area contributed by atoms with E-state index in [1.54, 1.807) is 6.92 Å². The van der Waals surface area contributed by atoms with E-state index in [1.165, 1.54) is 5.56 Å². The number of hydrogen-bond donors (Lipinski definition) is 1. The molecular formula is C9H11IN2. The van der Waals surface area contributed by atoms with Crippen molar-refractivity contribution in [2.24, 2.45) is 10.7 Å². The molecule has 0 aromatic heterocycles. The average molecular weight is 274 g/mol. The lowest BCUT2D eigenvalue weighted by Crippen LogP contribution is -2.03. The zero-order chi connectivity index (χ0) is 8.97. The van der Waals surface area contributed by atoms with Crippen LogP contribution in [0.15, 0.2) is 29.3 Å². The number of benzene rings is 1. The van der Waals surface area contributed by atoms with Gasteiger partial charge in [-0.15, -0.1) is 0 Å². The molecule has 0 heterocycles. The van der Waals surface area contributed by atoms with Crippen LogP contribution in [0.4, 0.5) is 5.69 Å². The minimum Gasteiger partial charge on any atom is -0.387 e. The summed E-state index contributed by atoms with van der Waals surface area (Å²) in [6.45, 7) is 1.78. The van der Waals surface area contributed by atoms with Crippen molar-refractivity contribution in [2.75, 3.05) is 0 Å². The first-order valence-corrected chi connectivity index (χ1v) is 5.20. The van der Waals surface area contributed by atoms with Crippen LogP contribution >= 0.6 is 22.6 Å². The Morgan fingerprint density at radius 2 is 2.00 bits per heavy atom. The van der Waals surface area contributed by atoms with Crippen LogP contribution in [-0.2, 0) is 4.43 Å². The van der Waals surface area contributed by atoms with Crippen LogP contribution < -0.4 is 5.73 Å². The van der Waals surface area contributed by atoms with E-state index in [2.05, 4.69) is 39.7 Å². The Morgan fingerprint density at radius 1 is 1.42 bits per heavy atom. The van der Waals surface area contributed by atoms with E-state index in [4.69, 9.17) is 5.73 Å². The van der Waals surface area contributed by atoms with E-state index < -0.39 is 0 Å². The molecule has 2 N–H and O–H groups in total. The highest BCUT2D eigenvalue weighted by molar-refractivity contribution is 14.1. The van der Waals surface area contributed by atoms with Gasteiger partial charge in [0.15, 0.2) is 0 Å². The zero-order valence-corrected chi connectivity index (χ0v) is 9.08. The van der Waals surface area contributed by atoms with Crippen LogP contribution in [0.3, 0.4) is 0 Å². The highest BCUT2D eigenvalue weighted by atomic mass is 127. The molecule has 0 aliphatic rings. The Labute approximate surface area is 86.0 Å². The van der Waals surface area contributed by atoms with Gasteiger partial charge in [-0.05, 0) is 24.6 Å². The fourth-order valence-corrected chi connectivity index (χ4v) is 1.37. The van der Waals surface area contributed by atoms with Gasteiger partial charge in [-0.2, -0.15) is 0 Å². The molecule has 0 unspecified atom stereocenters. The van der Waals surface area contributed by atoms with Gasteiger partial charge in [0, 0.05) is 4.43 Å². The third-order valence-corrected chi connectivity index (χ3v) is 2.28. The molecule has 0 aliphatic heterocycles. The molecule has 12 heavy (non-hydrogen) atoms. The van der Waals surface area contributed by atoms with Crippen molar-refractivity contribution in [2.45, 2.75) is 11.4 Å². The van der Waals surface area contributed by atoms with Gasteiger partial charge in [0.1, 0.15) is 0 Å². The summed E-state index contributed by atoms with van der Waals surface area (Å²) < 4.78 is 1.03. The lowest BCUT2D eigenvalue weighted by molar-refractivity contribution is 1.40. The molecule has 0 saturated carbocycles. The molecule has 2 nitrogen and oxygen atoms in total. The second kappa shape index (κ2) is 4.45. The van der Waals surface area contributed by atoms with Gasteiger partial charge in [0.25, 0.3) is 0 Å². The minimum atomic E-state index is 0.595. The summed E-state index contributed by atoms with van der Waals surface area (Å²) in [6, 6.07) is 8.08. The van der Waals surface area contributed by atoms with E-state index >= 15 is 0 Å². The lowest BCUT2D eigenvalue weighted by Gasteiger charge is -1.96. The molecule has 64 valence electrons. The van der Waals surface area contributed by atoms with Gasteiger partial charge in [-0.1, -0.05) is 34.7 Å². The molecule has 0 fully saturated rings. The summed E-state index contributed by atoms with van der Waals surface area (Å²) in [4.78, 5) is 4.13. The molecule has 0 bridgehead atoms.